The number of nitrogens with zero attached hydrogens (tertiary/aromatic N) is 3. The second-order valence-electron chi connectivity index (χ2n) is 6.38. The third-order valence-electron chi connectivity index (χ3n) is 4.71. The molecule has 0 unspecified atom stereocenters. The molecule has 1 aliphatic heterocycles. The molecule has 0 N–H and O–H groups in total. The molecular weight excluding hydrogens is 374 g/mol. The van der Waals surface area contributed by atoms with Crippen LogP contribution in [0.1, 0.15) is 10.4 Å². The molecule has 0 saturated carbocycles. The zero-order chi connectivity index (χ0) is 19.3. The number of rotatable bonds is 5. The van der Waals surface area contributed by atoms with E-state index in [2.05, 4.69) is 16.0 Å². The van der Waals surface area contributed by atoms with E-state index in [1.807, 2.05) is 28.5 Å². The van der Waals surface area contributed by atoms with Crippen molar-refractivity contribution in [3.63, 3.8) is 0 Å². The quantitative estimate of drug-likeness (QED) is 0.656. The van der Waals surface area contributed by atoms with Gasteiger partial charge in [0.2, 0.25) is 0 Å². The molecule has 0 spiro atoms. The van der Waals surface area contributed by atoms with Crippen molar-refractivity contribution in [2.24, 2.45) is 0 Å². The Morgan fingerprint density at radius 2 is 1.79 bits per heavy atom. The number of carbonyl (C=O) groups excluding carboxylic acids is 1. The van der Waals surface area contributed by atoms with Gasteiger partial charge in [0.1, 0.15) is 11.5 Å². The number of aromatic nitrogens is 1. The van der Waals surface area contributed by atoms with Crippen molar-refractivity contribution in [2.75, 3.05) is 38.2 Å². The first kappa shape index (κ1) is 18.3. The van der Waals surface area contributed by atoms with Gasteiger partial charge in [-0.2, -0.15) is 0 Å². The second-order valence-corrected chi connectivity index (χ2v) is 7.23. The Labute approximate surface area is 167 Å². The van der Waals surface area contributed by atoms with E-state index >= 15 is 0 Å². The first-order valence-electron chi connectivity index (χ1n) is 9.09. The van der Waals surface area contributed by atoms with Gasteiger partial charge in [-0.25, -0.2) is 4.98 Å². The summed E-state index contributed by atoms with van der Waals surface area (Å²) >= 11 is 1.43. The van der Waals surface area contributed by atoms with E-state index in [0.29, 0.717) is 29.6 Å². The Balaban J connectivity index is 1.37. The fourth-order valence-corrected chi connectivity index (χ4v) is 3.76. The number of benzene rings is 2. The predicted molar refractivity (Wildman–Crippen MR) is 110 cm³/mol. The highest BCUT2D eigenvalue weighted by atomic mass is 32.1. The number of methoxy groups -OCH3 is 1. The third kappa shape index (κ3) is 3.94. The molecule has 1 amide bonds. The van der Waals surface area contributed by atoms with Gasteiger partial charge in [0, 0.05) is 43.3 Å². The van der Waals surface area contributed by atoms with E-state index in [1.165, 1.54) is 11.3 Å². The van der Waals surface area contributed by atoms with E-state index in [0.717, 1.165) is 24.5 Å². The summed E-state index contributed by atoms with van der Waals surface area (Å²) in [6.45, 7) is 2.90. The summed E-state index contributed by atoms with van der Waals surface area (Å²) in [5.41, 5.74) is 1.73. The minimum absolute atomic E-state index is 0.0421. The highest BCUT2D eigenvalue weighted by molar-refractivity contribution is 7.11. The van der Waals surface area contributed by atoms with Crippen LogP contribution in [0.4, 0.5) is 5.69 Å². The Hall–Kier alpha value is -3.06. The van der Waals surface area contributed by atoms with Crippen LogP contribution in [0.2, 0.25) is 0 Å². The highest BCUT2D eigenvalue weighted by Crippen LogP contribution is 2.29. The smallest absolute Gasteiger partial charge is 0.278 e. The lowest BCUT2D eigenvalue weighted by molar-refractivity contribution is 0.0746. The molecule has 1 fully saturated rings. The summed E-state index contributed by atoms with van der Waals surface area (Å²) in [4.78, 5) is 21.1. The topological polar surface area (TPSA) is 54.9 Å². The zero-order valence-electron chi connectivity index (χ0n) is 15.6. The van der Waals surface area contributed by atoms with Crippen LogP contribution >= 0.6 is 11.3 Å². The highest BCUT2D eigenvalue weighted by Gasteiger charge is 2.23. The third-order valence-corrected chi connectivity index (χ3v) is 5.36. The molecule has 6 nitrogen and oxygen atoms in total. The van der Waals surface area contributed by atoms with Gasteiger partial charge in [0.25, 0.3) is 11.1 Å². The summed E-state index contributed by atoms with van der Waals surface area (Å²) in [5.74, 6) is 1.58. The molecule has 7 heteroatoms. The monoisotopic (exact) mass is 395 g/mol. The Bertz CT molecular complexity index is 920. The summed E-state index contributed by atoms with van der Waals surface area (Å²) in [5, 5.41) is 2.45. The second kappa shape index (κ2) is 8.31. The van der Waals surface area contributed by atoms with Gasteiger partial charge in [-0.1, -0.05) is 23.5 Å². The van der Waals surface area contributed by atoms with E-state index in [4.69, 9.17) is 9.47 Å². The number of ether oxygens (including phenoxy) is 2. The van der Waals surface area contributed by atoms with Gasteiger partial charge in [-0.05, 0) is 36.4 Å². The van der Waals surface area contributed by atoms with Crippen LogP contribution in [0.15, 0.2) is 60.1 Å². The van der Waals surface area contributed by atoms with Gasteiger partial charge in [-0.3, -0.25) is 4.79 Å². The van der Waals surface area contributed by atoms with Crippen LogP contribution < -0.4 is 14.4 Å². The molecule has 4 rings (SSSR count). The maximum Gasteiger partial charge on any atom is 0.278 e. The lowest BCUT2D eigenvalue weighted by atomic mass is 10.1. The Morgan fingerprint density at radius 1 is 1.04 bits per heavy atom. The number of carbonyl (C=O) groups is 1. The molecule has 3 aromatic rings. The minimum atomic E-state index is 0.0421. The fraction of sp³-hybridized carbons (Fsp3) is 0.238. The number of anilines is 1. The number of piperazine rings is 1. The SMILES string of the molecule is COc1ccccc1N1CCN(C(=O)c2ccc(Oc3nccs3)cc2)CC1. The summed E-state index contributed by atoms with van der Waals surface area (Å²) in [7, 11) is 1.68. The molecule has 1 aliphatic rings. The number of thiazole rings is 1. The summed E-state index contributed by atoms with van der Waals surface area (Å²) in [6.07, 6.45) is 1.70. The van der Waals surface area contributed by atoms with Crippen molar-refractivity contribution < 1.29 is 14.3 Å². The lowest BCUT2D eigenvalue weighted by Crippen LogP contribution is -2.48. The molecule has 144 valence electrons. The largest absolute Gasteiger partial charge is 0.495 e. The number of para-hydroxylation sites is 2. The molecule has 0 aliphatic carbocycles. The molecule has 1 aromatic heterocycles. The first-order chi connectivity index (χ1) is 13.7. The Morgan fingerprint density at radius 3 is 2.46 bits per heavy atom. The van der Waals surface area contributed by atoms with Gasteiger partial charge < -0.3 is 19.3 Å². The molecule has 0 bridgehead atoms. The standard InChI is InChI=1S/C21H21N3O3S/c1-26-19-5-3-2-4-18(19)23-11-13-24(14-12-23)20(25)16-6-8-17(9-7-16)27-21-22-10-15-28-21/h2-10,15H,11-14H2,1H3. The van der Waals surface area contributed by atoms with E-state index in [1.54, 1.807) is 37.6 Å². The van der Waals surface area contributed by atoms with Crippen molar-refractivity contribution in [2.45, 2.75) is 0 Å². The van der Waals surface area contributed by atoms with Gasteiger partial charge in [0.05, 0.1) is 12.8 Å². The predicted octanol–water partition coefficient (Wildman–Crippen LogP) is 3.91. The molecule has 28 heavy (non-hydrogen) atoms. The minimum Gasteiger partial charge on any atom is -0.495 e. The first-order valence-corrected chi connectivity index (χ1v) is 9.97. The van der Waals surface area contributed by atoms with E-state index in [-0.39, 0.29) is 5.91 Å². The van der Waals surface area contributed by atoms with Gasteiger partial charge in [0.15, 0.2) is 0 Å². The maximum atomic E-state index is 12.8. The number of hydrogen-bond acceptors (Lipinski definition) is 6. The van der Waals surface area contributed by atoms with Crippen LogP contribution in [0.5, 0.6) is 16.7 Å². The van der Waals surface area contributed by atoms with Crippen molar-refractivity contribution in [1.82, 2.24) is 9.88 Å². The van der Waals surface area contributed by atoms with Crippen molar-refractivity contribution in [3.8, 4) is 16.7 Å². The van der Waals surface area contributed by atoms with E-state index < -0.39 is 0 Å². The molecule has 2 aromatic carbocycles. The molecule has 0 atom stereocenters. The number of amides is 1. The zero-order valence-corrected chi connectivity index (χ0v) is 16.4. The summed E-state index contributed by atoms with van der Waals surface area (Å²) < 4.78 is 11.1. The van der Waals surface area contributed by atoms with Gasteiger partial charge >= 0.3 is 0 Å². The summed E-state index contributed by atoms with van der Waals surface area (Å²) in [6, 6.07) is 15.2. The van der Waals surface area contributed by atoms with Crippen molar-refractivity contribution >= 4 is 22.9 Å². The average Bonchev–Trinajstić information content (AvgIpc) is 3.27. The lowest BCUT2D eigenvalue weighted by Gasteiger charge is -2.36. The number of hydrogen-bond donors (Lipinski definition) is 0. The Kier molecular flexibility index (Phi) is 5.43. The molecule has 2 heterocycles. The van der Waals surface area contributed by atoms with Crippen LogP contribution in [0.25, 0.3) is 0 Å². The normalized spacial score (nSPS) is 14.0. The molecule has 0 radical (unpaired) electrons. The molecule has 1 saturated heterocycles. The van der Waals surface area contributed by atoms with Gasteiger partial charge in [-0.15, -0.1) is 0 Å². The molecular formula is C21H21N3O3S. The van der Waals surface area contributed by atoms with E-state index in [9.17, 15) is 4.79 Å². The maximum absolute atomic E-state index is 12.8. The van der Waals surface area contributed by atoms with Crippen LogP contribution in [-0.2, 0) is 0 Å². The fourth-order valence-electron chi connectivity index (χ4n) is 3.25. The average molecular weight is 395 g/mol. The van der Waals surface area contributed by atoms with Crippen molar-refractivity contribution in [1.29, 1.82) is 0 Å². The van der Waals surface area contributed by atoms with Crippen LogP contribution in [0.3, 0.4) is 0 Å². The van der Waals surface area contributed by atoms with Crippen LogP contribution in [-0.4, -0.2) is 49.1 Å². The van der Waals surface area contributed by atoms with Crippen LogP contribution in [0, 0.1) is 0 Å². The van der Waals surface area contributed by atoms with Crippen molar-refractivity contribution in [3.05, 3.63) is 65.7 Å².